The third-order valence-electron chi connectivity index (χ3n) is 6.24. The van der Waals surface area contributed by atoms with Gasteiger partial charge in [-0.25, -0.2) is 0 Å². The fraction of sp³-hybridized carbons (Fsp3) is 0.619. The van der Waals surface area contributed by atoms with Crippen LogP contribution in [0.3, 0.4) is 0 Å². The fourth-order valence-corrected chi connectivity index (χ4v) is 4.81. The number of morpholine rings is 1. The Bertz CT molecular complexity index is 712. The molecule has 0 saturated carbocycles. The molecule has 3 heterocycles. The number of rotatable bonds is 4. The van der Waals surface area contributed by atoms with Crippen LogP contribution in [0.4, 0.5) is 0 Å². The molecule has 1 unspecified atom stereocenters. The van der Waals surface area contributed by atoms with Gasteiger partial charge in [0.25, 0.3) is 0 Å². The second-order valence-electron chi connectivity index (χ2n) is 8.22. The van der Waals surface area contributed by atoms with E-state index in [1.165, 1.54) is 0 Å². The quantitative estimate of drug-likeness (QED) is 0.828. The Balaban J connectivity index is 1.49. The van der Waals surface area contributed by atoms with Gasteiger partial charge < -0.3 is 15.0 Å². The van der Waals surface area contributed by atoms with Gasteiger partial charge >= 0.3 is 0 Å². The van der Waals surface area contributed by atoms with Crippen molar-refractivity contribution in [1.82, 2.24) is 15.1 Å². The van der Waals surface area contributed by atoms with Gasteiger partial charge in [0.2, 0.25) is 11.8 Å². The largest absolute Gasteiger partial charge is 0.378 e. The van der Waals surface area contributed by atoms with Crippen LogP contribution in [0.25, 0.3) is 0 Å². The van der Waals surface area contributed by atoms with Crippen LogP contribution < -0.4 is 5.32 Å². The Hall–Kier alpha value is -1.63. The molecule has 28 heavy (non-hydrogen) atoms. The van der Waals surface area contributed by atoms with Crippen LogP contribution in [0.15, 0.2) is 24.3 Å². The van der Waals surface area contributed by atoms with Gasteiger partial charge in [-0.15, -0.1) is 0 Å². The Kier molecular flexibility index (Phi) is 5.90. The lowest BCUT2D eigenvalue weighted by molar-refractivity contribution is -0.160. The molecule has 6 nitrogen and oxygen atoms in total. The molecule has 4 rings (SSSR count). The van der Waals surface area contributed by atoms with Crippen LogP contribution in [0.1, 0.15) is 24.8 Å². The minimum atomic E-state index is -0.394. The van der Waals surface area contributed by atoms with Crippen molar-refractivity contribution in [3.63, 3.8) is 0 Å². The molecule has 1 N–H and O–H groups in total. The number of hydrogen-bond acceptors (Lipinski definition) is 4. The molecular weight excluding hydrogens is 378 g/mol. The number of halogens is 1. The van der Waals surface area contributed by atoms with Crippen LogP contribution >= 0.6 is 11.6 Å². The summed E-state index contributed by atoms with van der Waals surface area (Å²) in [6.07, 6.45) is 3.12. The smallest absolute Gasteiger partial charge is 0.231 e. The van der Waals surface area contributed by atoms with E-state index in [2.05, 4.69) is 10.2 Å². The fourth-order valence-electron chi connectivity index (χ4n) is 4.68. The summed E-state index contributed by atoms with van der Waals surface area (Å²) in [5.41, 5.74) is 0.748. The topological polar surface area (TPSA) is 61.9 Å². The van der Waals surface area contributed by atoms with E-state index in [4.69, 9.17) is 16.3 Å². The molecule has 2 amide bonds. The maximum atomic E-state index is 13.5. The lowest BCUT2D eigenvalue weighted by Crippen LogP contribution is -2.67. The number of amides is 2. The van der Waals surface area contributed by atoms with Crippen molar-refractivity contribution in [3.8, 4) is 0 Å². The molecule has 1 aromatic rings. The number of carbonyl (C=O) groups excluding carboxylic acids is 2. The van der Waals surface area contributed by atoms with E-state index in [1.807, 2.05) is 29.2 Å². The Morgan fingerprint density at radius 2 is 1.89 bits per heavy atom. The van der Waals surface area contributed by atoms with Crippen LogP contribution in [-0.2, 0) is 20.7 Å². The van der Waals surface area contributed by atoms with E-state index in [0.29, 0.717) is 43.8 Å². The van der Waals surface area contributed by atoms with Gasteiger partial charge in [0.1, 0.15) is 0 Å². The van der Waals surface area contributed by atoms with Gasteiger partial charge in [-0.2, -0.15) is 0 Å². The minimum Gasteiger partial charge on any atom is -0.378 e. The van der Waals surface area contributed by atoms with Crippen molar-refractivity contribution < 1.29 is 14.3 Å². The van der Waals surface area contributed by atoms with Crippen LogP contribution in [-0.4, -0.2) is 73.6 Å². The van der Waals surface area contributed by atoms with Crippen LogP contribution in [0.2, 0.25) is 5.02 Å². The summed E-state index contributed by atoms with van der Waals surface area (Å²) in [6.45, 7) is 4.80. The van der Waals surface area contributed by atoms with Crippen molar-refractivity contribution in [2.45, 2.75) is 31.7 Å². The normalized spacial score (nSPS) is 25.5. The van der Waals surface area contributed by atoms with Crippen molar-refractivity contribution in [1.29, 1.82) is 0 Å². The average molecular weight is 406 g/mol. The highest BCUT2D eigenvalue weighted by Crippen LogP contribution is 2.39. The Labute approximate surface area is 171 Å². The number of nitrogens with zero attached hydrogens (tertiary/aromatic N) is 2. The van der Waals surface area contributed by atoms with E-state index in [-0.39, 0.29) is 11.8 Å². The predicted molar refractivity (Wildman–Crippen MR) is 107 cm³/mol. The summed E-state index contributed by atoms with van der Waals surface area (Å²) in [4.78, 5) is 29.5. The molecule has 1 aromatic carbocycles. The highest BCUT2D eigenvalue weighted by atomic mass is 35.5. The average Bonchev–Trinajstić information content (AvgIpc) is 2.90. The van der Waals surface area contributed by atoms with E-state index < -0.39 is 5.41 Å². The summed E-state index contributed by atoms with van der Waals surface area (Å²) in [7, 11) is 0. The number of likely N-dealkylation sites (tertiary alicyclic amines) is 1. The van der Waals surface area contributed by atoms with E-state index in [1.54, 1.807) is 0 Å². The van der Waals surface area contributed by atoms with E-state index in [9.17, 15) is 9.59 Å². The molecule has 152 valence electrons. The van der Waals surface area contributed by atoms with Gasteiger partial charge in [-0.1, -0.05) is 23.7 Å². The molecule has 3 aliphatic heterocycles. The van der Waals surface area contributed by atoms with Crippen molar-refractivity contribution in [2.75, 3.05) is 45.9 Å². The molecule has 0 spiro atoms. The highest BCUT2D eigenvalue weighted by Gasteiger charge is 2.52. The number of ether oxygens (including phenoxy) is 1. The third-order valence-corrected chi connectivity index (χ3v) is 6.49. The first-order chi connectivity index (χ1) is 13.6. The molecule has 3 saturated heterocycles. The van der Waals surface area contributed by atoms with E-state index in [0.717, 1.165) is 44.5 Å². The monoisotopic (exact) mass is 405 g/mol. The zero-order valence-corrected chi connectivity index (χ0v) is 16.9. The number of carbonyl (C=O) groups is 2. The number of nitrogens with one attached hydrogen (secondary N) is 1. The molecule has 0 radical (unpaired) electrons. The first-order valence-electron chi connectivity index (χ1n) is 10.2. The maximum absolute atomic E-state index is 13.5. The predicted octanol–water partition coefficient (Wildman–Crippen LogP) is 1.71. The lowest BCUT2D eigenvalue weighted by Gasteiger charge is -2.54. The van der Waals surface area contributed by atoms with Crippen LogP contribution in [0, 0.1) is 5.41 Å². The van der Waals surface area contributed by atoms with Gasteiger partial charge in [-0.3, -0.25) is 14.5 Å². The standard InChI is InChI=1S/C21H28ClN3O3/c22-17-3-1-16(2-4-17)13-21(20(27)24-9-11-28-12-10-24)14-25(15-21)18-5-6-19(26)23-8-7-18/h1-4,18H,5-15H2,(H,23,26). The van der Waals surface area contributed by atoms with Gasteiger partial charge in [0.15, 0.2) is 0 Å². The molecular formula is C21H28ClN3O3. The second-order valence-corrected chi connectivity index (χ2v) is 8.66. The van der Waals surface area contributed by atoms with Gasteiger partial charge in [0, 0.05) is 50.2 Å². The number of hydrogen-bond donors (Lipinski definition) is 1. The molecule has 1 atom stereocenters. The van der Waals surface area contributed by atoms with E-state index >= 15 is 0 Å². The summed E-state index contributed by atoms with van der Waals surface area (Å²) < 4.78 is 5.43. The molecule has 3 fully saturated rings. The van der Waals surface area contributed by atoms with Crippen LogP contribution in [0.5, 0.6) is 0 Å². The van der Waals surface area contributed by atoms with Gasteiger partial charge in [0.05, 0.1) is 18.6 Å². The summed E-state index contributed by atoms with van der Waals surface area (Å²) in [5.74, 6) is 0.379. The SMILES string of the molecule is O=C1CCC(N2CC(Cc3ccc(Cl)cc3)(C(=O)N3CCOCC3)C2)CCN1. The molecule has 0 bridgehead atoms. The molecule has 0 aromatic heterocycles. The second kappa shape index (κ2) is 8.39. The molecule has 3 aliphatic rings. The first kappa shape index (κ1) is 19.7. The van der Waals surface area contributed by atoms with Crippen molar-refractivity contribution >= 4 is 23.4 Å². The van der Waals surface area contributed by atoms with Gasteiger partial charge in [-0.05, 0) is 37.0 Å². The molecule has 7 heteroatoms. The Morgan fingerprint density at radius 3 is 2.61 bits per heavy atom. The minimum absolute atomic E-state index is 0.139. The zero-order chi connectivity index (χ0) is 19.6. The van der Waals surface area contributed by atoms with Crippen molar-refractivity contribution in [3.05, 3.63) is 34.9 Å². The highest BCUT2D eigenvalue weighted by molar-refractivity contribution is 6.30. The molecule has 0 aliphatic carbocycles. The third kappa shape index (κ3) is 4.19. The Morgan fingerprint density at radius 1 is 1.18 bits per heavy atom. The zero-order valence-electron chi connectivity index (χ0n) is 16.2. The first-order valence-corrected chi connectivity index (χ1v) is 10.6. The lowest BCUT2D eigenvalue weighted by atomic mass is 9.72. The maximum Gasteiger partial charge on any atom is 0.231 e. The summed E-state index contributed by atoms with van der Waals surface area (Å²) in [5, 5.41) is 3.66. The summed E-state index contributed by atoms with van der Waals surface area (Å²) >= 11 is 6.04. The summed E-state index contributed by atoms with van der Waals surface area (Å²) in [6, 6.07) is 8.20. The number of benzene rings is 1. The van der Waals surface area contributed by atoms with Crippen molar-refractivity contribution in [2.24, 2.45) is 5.41 Å².